The first-order valence-electron chi connectivity index (χ1n) is 8.30. The van der Waals surface area contributed by atoms with Gasteiger partial charge < -0.3 is 44.7 Å². The van der Waals surface area contributed by atoms with E-state index >= 15 is 0 Å². The van der Waals surface area contributed by atoms with Crippen molar-refractivity contribution in [3.05, 3.63) is 37.0 Å². The molecule has 0 amide bonds. The molecule has 0 radical (unpaired) electrons. The van der Waals surface area contributed by atoms with Crippen LogP contribution in [0.1, 0.15) is 6.92 Å². The molecule has 0 bridgehead atoms. The van der Waals surface area contributed by atoms with Gasteiger partial charge in [-0.1, -0.05) is 19.1 Å². The molecule has 2 aliphatic heterocycles. The first-order chi connectivity index (χ1) is 14.3. The third-order valence-electron chi connectivity index (χ3n) is 4.22. The topological polar surface area (TPSA) is 225 Å². The van der Waals surface area contributed by atoms with Gasteiger partial charge in [0.1, 0.15) is 17.5 Å². The zero-order chi connectivity index (χ0) is 24.8. The first kappa shape index (κ1) is 26.9. The molecule has 0 spiro atoms. The number of nitrogens with zero attached hydrogens (tertiary/aromatic N) is 1. The van der Waals surface area contributed by atoms with Gasteiger partial charge in [-0.25, -0.2) is 13.7 Å². The minimum Gasteiger partial charge on any atom is -0.386 e. The fourth-order valence-electron chi connectivity index (χ4n) is 2.83. The summed E-state index contributed by atoms with van der Waals surface area (Å²) >= 11 is 0. The van der Waals surface area contributed by atoms with Gasteiger partial charge in [-0.2, -0.15) is 8.62 Å². The summed E-state index contributed by atoms with van der Waals surface area (Å²) in [4.78, 5) is 37.1. The van der Waals surface area contributed by atoms with Crippen molar-refractivity contribution in [2.24, 2.45) is 0 Å². The number of hydrogen-bond acceptors (Lipinski definition) is 11. The highest BCUT2D eigenvalue weighted by atomic mass is 31.3. The fourth-order valence-corrected chi connectivity index (χ4v) is 5.94. The standard InChI is InChI=1S/C14H21N2O13P3/c1-5-14(18)11(17)13(4,27-12(14)16-7-6-9(2)15-10(16)3)8-26-31(22,23)29-32(24,25)28-30(19,20)21/h1,6-7,11-12,15,17-18H,2-3,8H2,4H3,(H,22,23)(H,24,25)(H2,19,20,21)/t11-,12+,13+,14?/m0/s1. The predicted molar refractivity (Wildman–Crippen MR) is 105 cm³/mol. The van der Waals surface area contributed by atoms with Gasteiger partial charge in [0.2, 0.25) is 0 Å². The molecule has 1 saturated heterocycles. The molecule has 0 aromatic carbocycles. The molecule has 2 aliphatic rings. The number of phosphoric ester groups is 1. The van der Waals surface area contributed by atoms with Gasteiger partial charge in [-0.05, 0) is 13.0 Å². The monoisotopic (exact) mass is 518 g/mol. The summed E-state index contributed by atoms with van der Waals surface area (Å²) in [7, 11) is -16.8. The van der Waals surface area contributed by atoms with Crippen LogP contribution in [-0.4, -0.2) is 64.8 Å². The summed E-state index contributed by atoms with van der Waals surface area (Å²) in [5, 5.41) is 24.2. The molecule has 7 N–H and O–H groups in total. The summed E-state index contributed by atoms with van der Waals surface area (Å²) < 4.78 is 51.4. The lowest BCUT2D eigenvalue weighted by molar-refractivity contribution is -0.126. The second-order valence-electron chi connectivity index (χ2n) is 6.84. The third-order valence-corrected chi connectivity index (χ3v) is 8.00. The maximum atomic E-state index is 12.0. The van der Waals surface area contributed by atoms with Gasteiger partial charge in [-0.3, -0.25) is 4.52 Å². The Bertz CT molecular complexity index is 1020. The predicted octanol–water partition coefficient (Wildman–Crippen LogP) is -0.426. The molecule has 6 atom stereocenters. The van der Waals surface area contributed by atoms with Crippen molar-refractivity contribution in [1.29, 1.82) is 0 Å². The number of rotatable bonds is 8. The Labute approximate surface area is 182 Å². The molecule has 180 valence electrons. The molecule has 2 rings (SSSR count). The molecule has 0 aliphatic carbocycles. The highest BCUT2D eigenvalue weighted by molar-refractivity contribution is 7.66. The Hall–Kier alpha value is -1.33. The maximum absolute atomic E-state index is 12.0. The van der Waals surface area contributed by atoms with E-state index in [0.717, 1.165) is 6.92 Å². The van der Waals surface area contributed by atoms with Crippen LogP contribution in [0, 0.1) is 12.3 Å². The summed E-state index contributed by atoms with van der Waals surface area (Å²) in [5.74, 6) is 2.14. The molecular weight excluding hydrogens is 497 g/mol. The molecule has 0 aromatic heterocycles. The average molecular weight is 518 g/mol. The van der Waals surface area contributed by atoms with Crippen LogP contribution in [0.3, 0.4) is 0 Å². The van der Waals surface area contributed by atoms with Crippen molar-refractivity contribution in [2.75, 3.05) is 6.61 Å². The number of phosphoric acid groups is 3. The molecule has 18 heteroatoms. The van der Waals surface area contributed by atoms with E-state index in [9.17, 15) is 33.7 Å². The second-order valence-corrected chi connectivity index (χ2v) is 11.3. The van der Waals surface area contributed by atoms with Gasteiger partial charge in [-0.15, -0.1) is 6.42 Å². The van der Waals surface area contributed by atoms with Gasteiger partial charge in [0.15, 0.2) is 11.8 Å². The van der Waals surface area contributed by atoms with E-state index < -0.39 is 53.6 Å². The van der Waals surface area contributed by atoms with E-state index in [4.69, 9.17) is 20.9 Å². The van der Waals surface area contributed by atoms with Crippen LogP contribution in [0.5, 0.6) is 0 Å². The van der Waals surface area contributed by atoms with Gasteiger partial charge in [0, 0.05) is 11.9 Å². The van der Waals surface area contributed by atoms with Crippen LogP contribution in [-0.2, 0) is 31.6 Å². The molecule has 15 nitrogen and oxygen atoms in total. The molecule has 3 unspecified atom stereocenters. The maximum Gasteiger partial charge on any atom is 0.490 e. The van der Waals surface area contributed by atoms with E-state index in [2.05, 4.69) is 31.6 Å². The summed E-state index contributed by atoms with van der Waals surface area (Å²) in [6.45, 7) is 7.45. The number of allylic oxidation sites excluding steroid dienone is 1. The van der Waals surface area contributed by atoms with Crippen molar-refractivity contribution in [3.8, 4) is 12.3 Å². The Balaban J connectivity index is 2.22. The van der Waals surface area contributed by atoms with E-state index in [-0.39, 0.29) is 5.82 Å². The normalized spacial score (nSPS) is 34.5. The van der Waals surface area contributed by atoms with Gasteiger partial charge >= 0.3 is 23.5 Å². The van der Waals surface area contributed by atoms with Crippen LogP contribution >= 0.6 is 23.5 Å². The lowest BCUT2D eigenvalue weighted by Crippen LogP contribution is -2.55. The Morgan fingerprint density at radius 3 is 2.34 bits per heavy atom. The molecular formula is C14H21N2O13P3. The van der Waals surface area contributed by atoms with Crippen LogP contribution < -0.4 is 5.32 Å². The number of ether oxygens (including phenoxy) is 1. The van der Waals surface area contributed by atoms with E-state index in [1.165, 1.54) is 17.2 Å². The fraction of sp³-hybridized carbons (Fsp3) is 0.429. The third kappa shape index (κ3) is 5.96. The minimum absolute atomic E-state index is 0.153. The molecule has 1 fully saturated rings. The Morgan fingerprint density at radius 1 is 1.25 bits per heavy atom. The van der Waals surface area contributed by atoms with Crippen LogP contribution in [0.2, 0.25) is 0 Å². The smallest absolute Gasteiger partial charge is 0.386 e. The number of aliphatic hydroxyl groups is 2. The lowest BCUT2D eigenvalue weighted by Gasteiger charge is -2.37. The zero-order valence-corrected chi connectivity index (χ0v) is 19.0. The summed E-state index contributed by atoms with van der Waals surface area (Å²) in [6, 6.07) is 0. The molecule has 2 heterocycles. The van der Waals surface area contributed by atoms with Gasteiger partial charge in [0.05, 0.1) is 6.61 Å². The van der Waals surface area contributed by atoms with Crippen molar-refractivity contribution in [2.45, 2.75) is 30.5 Å². The average Bonchev–Trinajstić information content (AvgIpc) is 2.80. The quantitative estimate of drug-likeness (QED) is 0.160. The number of terminal acetylenes is 1. The second kappa shape index (κ2) is 8.79. The van der Waals surface area contributed by atoms with Crippen LogP contribution in [0.15, 0.2) is 37.0 Å². The Kier molecular flexibility index (Phi) is 7.40. The number of hydrogen-bond donors (Lipinski definition) is 7. The SMILES string of the molecule is C#CC1(O)[C@@H](O)[C@@](C)(COP(=O)(O)OP(=O)(O)OP(=O)(O)O)O[C@H]1N1C=CC(=C)NC1=C. The Morgan fingerprint density at radius 2 is 1.84 bits per heavy atom. The van der Waals surface area contributed by atoms with Crippen molar-refractivity contribution in [1.82, 2.24) is 10.2 Å². The largest absolute Gasteiger partial charge is 0.490 e. The van der Waals surface area contributed by atoms with Crippen molar-refractivity contribution < 1.29 is 61.4 Å². The lowest BCUT2D eigenvalue weighted by atomic mass is 9.88. The highest BCUT2D eigenvalue weighted by Crippen LogP contribution is 2.66. The van der Waals surface area contributed by atoms with Gasteiger partial charge in [0.25, 0.3) is 0 Å². The number of nitrogens with one attached hydrogen (secondary N) is 1. The van der Waals surface area contributed by atoms with E-state index in [0.29, 0.717) is 5.70 Å². The molecule has 0 saturated carbocycles. The highest BCUT2D eigenvalue weighted by Gasteiger charge is 2.63. The number of aliphatic hydroxyl groups excluding tert-OH is 1. The zero-order valence-electron chi connectivity index (χ0n) is 16.3. The minimum atomic E-state index is -5.75. The van der Waals surface area contributed by atoms with E-state index in [1.807, 2.05) is 5.92 Å². The van der Waals surface area contributed by atoms with Crippen molar-refractivity contribution >= 4 is 23.5 Å². The first-order valence-corrected chi connectivity index (χ1v) is 12.8. The molecule has 32 heavy (non-hydrogen) atoms. The van der Waals surface area contributed by atoms with Crippen LogP contribution in [0.25, 0.3) is 0 Å². The summed E-state index contributed by atoms with van der Waals surface area (Å²) in [6.07, 6.45) is 4.82. The van der Waals surface area contributed by atoms with E-state index in [1.54, 1.807) is 0 Å². The molecule has 0 aromatic rings. The van der Waals surface area contributed by atoms with Crippen LogP contribution in [0.4, 0.5) is 0 Å². The van der Waals surface area contributed by atoms with Crippen molar-refractivity contribution in [3.63, 3.8) is 0 Å². The summed E-state index contributed by atoms with van der Waals surface area (Å²) in [5.41, 5.74) is -3.95.